The van der Waals surface area contributed by atoms with E-state index in [1.165, 1.54) is 6.92 Å². The topological polar surface area (TPSA) is 72.1 Å². The van der Waals surface area contributed by atoms with E-state index in [-0.39, 0.29) is 19.3 Å². The lowest BCUT2D eigenvalue weighted by atomic mass is 10.5. The Hall–Kier alpha value is -0.960. The minimum atomic E-state index is -0.309. The molecule has 0 spiro atoms. The van der Waals surface area contributed by atoms with E-state index in [4.69, 9.17) is 26.4 Å². The number of hydrazine groups is 1. The van der Waals surface area contributed by atoms with Gasteiger partial charge in [0.15, 0.2) is 5.11 Å². The minimum Gasteiger partial charge on any atom is -0.463 e. The van der Waals surface area contributed by atoms with Crippen LogP contribution in [0.4, 0.5) is 0 Å². The number of esters is 1. The summed E-state index contributed by atoms with van der Waals surface area (Å²) >= 11 is 5.08. The van der Waals surface area contributed by atoms with Gasteiger partial charge in [0.25, 0.3) is 0 Å². The molecule has 1 saturated heterocycles. The van der Waals surface area contributed by atoms with Gasteiger partial charge in [-0.05, 0) is 12.2 Å². The Bertz CT molecular complexity index is 272. The summed E-state index contributed by atoms with van der Waals surface area (Å²) in [7, 11) is 0. The maximum atomic E-state index is 10.5. The van der Waals surface area contributed by atoms with E-state index in [2.05, 4.69) is 10.7 Å². The van der Waals surface area contributed by atoms with Crippen LogP contribution in [0.2, 0.25) is 0 Å². The van der Waals surface area contributed by atoms with Crippen molar-refractivity contribution >= 4 is 23.3 Å². The van der Waals surface area contributed by atoms with Gasteiger partial charge < -0.3 is 19.5 Å². The molecule has 104 valence electrons. The first-order valence-corrected chi connectivity index (χ1v) is 6.17. The third-order valence-electron chi connectivity index (χ3n) is 2.14. The van der Waals surface area contributed by atoms with Gasteiger partial charge in [0.05, 0.1) is 19.8 Å². The van der Waals surface area contributed by atoms with Crippen molar-refractivity contribution in [3.63, 3.8) is 0 Å². The first-order chi connectivity index (χ1) is 8.68. The summed E-state index contributed by atoms with van der Waals surface area (Å²) in [4.78, 5) is 10.5. The summed E-state index contributed by atoms with van der Waals surface area (Å²) in [6, 6.07) is 0. The smallest absolute Gasteiger partial charge is 0.302 e. The first kappa shape index (κ1) is 15.1. The van der Waals surface area contributed by atoms with E-state index in [1.807, 2.05) is 5.01 Å². The number of rotatable bonds is 6. The van der Waals surface area contributed by atoms with Crippen molar-refractivity contribution in [2.75, 3.05) is 46.2 Å². The van der Waals surface area contributed by atoms with Crippen LogP contribution in [0.1, 0.15) is 6.92 Å². The van der Waals surface area contributed by atoms with Gasteiger partial charge in [-0.25, -0.2) is 5.01 Å². The zero-order valence-electron chi connectivity index (χ0n) is 10.4. The van der Waals surface area contributed by atoms with E-state index < -0.39 is 0 Å². The zero-order valence-corrected chi connectivity index (χ0v) is 11.3. The first-order valence-electron chi connectivity index (χ1n) is 5.77. The van der Waals surface area contributed by atoms with E-state index in [0.717, 1.165) is 13.1 Å². The lowest BCUT2D eigenvalue weighted by Crippen LogP contribution is -2.51. The Balaban J connectivity index is 1.94. The number of carbonyl (C=O) groups excluding carboxylic acids is 1. The molecule has 1 heterocycles. The summed E-state index contributed by atoms with van der Waals surface area (Å²) < 4.78 is 15.1. The molecule has 2 N–H and O–H groups in total. The van der Waals surface area contributed by atoms with E-state index in [9.17, 15) is 4.79 Å². The second-order valence-electron chi connectivity index (χ2n) is 3.61. The van der Waals surface area contributed by atoms with Gasteiger partial charge in [0.2, 0.25) is 0 Å². The molecule has 0 aromatic rings. The predicted molar refractivity (Wildman–Crippen MR) is 68.7 cm³/mol. The van der Waals surface area contributed by atoms with Crippen LogP contribution in [0.25, 0.3) is 0 Å². The molecule has 0 bridgehead atoms. The van der Waals surface area contributed by atoms with Gasteiger partial charge in [-0.3, -0.25) is 10.2 Å². The average Bonchev–Trinajstić information content (AvgIpc) is 2.34. The van der Waals surface area contributed by atoms with Gasteiger partial charge in [0, 0.05) is 20.0 Å². The quantitative estimate of drug-likeness (QED) is 0.284. The van der Waals surface area contributed by atoms with Crippen LogP contribution >= 0.6 is 12.2 Å². The van der Waals surface area contributed by atoms with Gasteiger partial charge in [-0.1, -0.05) is 0 Å². The van der Waals surface area contributed by atoms with Crippen LogP contribution in [0.15, 0.2) is 0 Å². The van der Waals surface area contributed by atoms with Crippen molar-refractivity contribution in [1.82, 2.24) is 15.8 Å². The average molecular weight is 277 g/mol. The fourth-order valence-electron chi connectivity index (χ4n) is 1.29. The SMILES string of the molecule is CC(=O)OCCOCNC(=S)NN1CCOCC1. The van der Waals surface area contributed by atoms with Gasteiger partial charge >= 0.3 is 5.97 Å². The van der Waals surface area contributed by atoms with Crippen molar-refractivity contribution in [3.8, 4) is 0 Å². The number of nitrogens with one attached hydrogen (secondary N) is 2. The predicted octanol–water partition coefficient (Wildman–Crippen LogP) is -0.765. The Morgan fingerprint density at radius 2 is 2.11 bits per heavy atom. The highest BCUT2D eigenvalue weighted by Crippen LogP contribution is 1.91. The maximum Gasteiger partial charge on any atom is 0.302 e. The number of morpholine rings is 1. The molecule has 1 rings (SSSR count). The largest absolute Gasteiger partial charge is 0.463 e. The number of hydrogen-bond donors (Lipinski definition) is 2. The van der Waals surface area contributed by atoms with Gasteiger partial charge in [0.1, 0.15) is 13.3 Å². The molecule has 1 fully saturated rings. The molecule has 7 nitrogen and oxygen atoms in total. The highest BCUT2D eigenvalue weighted by molar-refractivity contribution is 7.80. The number of thiocarbonyl (C=S) groups is 1. The third kappa shape index (κ3) is 7.38. The lowest BCUT2D eigenvalue weighted by Gasteiger charge is -2.28. The third-order valence-corrected chi connectivity index (χ3v) is 2.37. The van der Waals surface area contributed by atoms with Crippen molar-refractivity contribution in [3.05, 3.63) is 0 Å². The van der Waals surface area contributed by atoms with Gasteiger partial charge in [-0.15, -0.1) is 0 Å². The summed E-state index contributed by atoms with van der Waals surface area (Å²) in [6.07, 6.45) is 0. The number of ether oxygens (including phenoxy) is 3. The summed E-state index contributed by atoms with van der Waals surface area (Å²) in [5, 5.41) is 5.38. The summed E-state index contributed by atoms with van der Waals surface area (Å²) in [5.41, 5.74) is 3.04. The molecule has 0 aromatic heterocycles. The van der Waals surface area contributed by atoms with Crippen LogP contribution in [0.3, 0.4) is 0 Å². The van der Waals surface area contributed by atoms with Crippen molar-refractivity contribution in [2.45, 2.75) is 6.92 Å². The van der Waals surface area contributed by atoms with E-state index >= 15 is 0 Å². The molecule has 8 heteroatoms. The minimum absolute atomic E-state index is 0.251. The number of hydrogen-bond acceptors (Lipinski definition) is 6. The van der Waals surface area contributed by atoms with Crippen LogP contribution in [-0.2, 0) is 19.0 Å². The van der Waals surface area contributed by atoms with Crippen molar-refractivity contribution in [2.24, 2.45) is 0 Å². The molecule has 0 radical (unpaired) electrons. The lowest BCUT2D eigenvalue weighted by molar-refractivity contribution is -0.142. The van der Waals surface area contributed by atoms with Gasteiger partial charge in [-0.2, -0.15) is 0 Å². The number of carbonyl (C=O) groups is 1. The Morgan fingerprint density at radius 3 is 2.78 bits per heavy atom. The number of nitrogens with zero attached hydrogens (tertiary/aromatic N) is 1. The van der Waals surface area contributed by atoms with Crippen LogP contribution in [-0.4, -0.2) is 62.3 Å². The standard InChI is InChI=1S/C10H19N3O4S/c1-9(14)17-7-6-16-8-11-10(18)12-13-2-4-15-5-3-13/h2-8H2,1H3,(H2,11,12,18). The summed E-state index contributed by atoms with van der Waals surface area (Å²) in [6.45, 7) is 5.23. The molecule has 0 atom stereocenters. The zero-order chi connectivity index (χ0) is 13.2. The Morgan fingerprint density at radius 1 is 1.39 bits per heavy atom. The normalized spacial score (nSPS) is 16.1. The Labute approximate surface area is 112 Å². The molecule has 0 unspecified atom stereocenters. The molecule has 0 saturated carbocycles. The summed E-state index contributed by atoms with van der Waals surface area (Å²) in [5.74, 6) is -0.309. The second kappa shape index (κ2) is 9.03. The monoisotopic (exact) mass is 277 g/mol. The van der Waals surface area contributed by atoms with Crippen LogP contribution in [0.5, 0.6) is 0 Å². The molecule has 0 amide bonds. The molecule has 1 aliphatic rings. The maximum absolute atomic E-state index is 10.5. The van der Waals surface area contributed by atoms with E-state index in [1.54, 1.807) is 0 Å². The highest BCUT2D eigenvalue weighted by Gasteiger charge is 2.10. The molecule has 0 aromatic carbocycles. The van der Waals surface area contributed by atoms with Crippen molar-refractivity contribution < 1.29 is 19.0 Å². The van der Waals surface area contributed by atoms with E-state index in [0.29, 0.717) is 24.9 Å². The fourth-order valence-corrected chi connectivity index (χ4v) is 1.48. The fraction of sp³-hybridized carbons (Fsp3) is 0.800. The Kier molecular flexibility index (Phi) is 7.58. The molecular weight excluding hydrogens is 258 g/mol. The van der Waals surface area contributed by atoms with Crippen LogP contribution in [0, 0.1) is 0 Å². The van der Waals surface area contributed by atoms with Crippen molar-refractivity contribution in [1.29, 1.82) is 0 Å². The molecular formula is C10H19N3O4S. The molecule has 18 heavy (non-hydrogen) atoms. The molecule has 0 aliphatic carbocycles. The molecule has 1 aliphatic heterocycles. The highest BCUT2D eigenvalue weighted by atomic mass is 32.1. The second-order valence-corrected chi connectivity index (χ2v) is 4.02. The van der Waals surface area contributed by atoms with Crippen LogP contribution < -0.4 is 10.7 Å².